The fraction of sp³-hybridized carbons (Fsp3) is 0.217. The molecule has 5 rings (SSSR count). The van der Waals surface area contributed by atoms with E-state index in [4.69, 9.17) is 23.2 Å². The minimum Gasteiger partial charge on any atom is -0.271 e. The second-order valence-electron chi connectivity index (χ2n) is 7.69. The molecule has 1 aliphatic heterocycles. The molecule has 7 heteroatoms. The first-order valence-corrected chi connectivity index (χ1v) is 10.7. The van der Waals surface area contributed by atoms with Gasteiger partial charge in [0.1, 0.15) is 6.04 Å². The zero-order valence-corrected chi connectivity index (χ0v) is 17.6. The van der Waals surface area contributed by atoms with Crippen LogP contribution in [-0.2, 0) is 17.6 Å². The van der Waals surface area contributed by atoms with Crippen LogP contribution in [0.4, 0.5) is 0 Å². The highest BCUT2D eigenvalue weighted by Gasteiger charge is 2.31. The molecular formula is C23H20Cl2N4O. The van der Waals surface area contributed by atoms with Gasteiger partial charge in [-0.3, -0.25) is 4.79 Å². The first-order valence-electron chi connectivity index (χ1n) is 9.92. The van der Waals surface area contributed by atoms with Gasteiger partial charge in [0.2, 0.25) is 0 Å². The number of rotatable bonds is 4. The number of carbonyl (C=O) groups excluding carboxylic acids is 1. The van der Waals surface area contributed by atoms with Crippen molar-refractivity contribution in [2.75, 3.05) is 0 Å². The van der Waals surface area contributed by atoms with Crippen LogP contribution < -0.4 is 16.3 Å². The van der Waals surface area contributed by atoms with Gasteiger partial charge < -0.3 is 0 Å². The quantitative estimate of drug-likeness (QED) is 0.420. The Labute approximate surface area is 184 Å². The molecule has 1 fully saturated rings. The van der Waals surface area contributed by atoms with E-state index >= 15 is 0 Å². The van der Waals surface area contributed by atoms with Crippen molar-refractivity contribution in [3.63, 3.8) is 0 Å². The van der Waals surface area contributed by atoms with Gasteiger partial charge in [-0.1, -0.05) is 59.6 Å². The minimum atomic E-state index is -0.371. The molecule has 2 aliphatic rings. The summed E-state index contributed by atoms with van der Waals surface area (Å²) in [6, 6.07) is 15.8. The minimum absolute atomic E-state index is 0.0599. The van der Waals surface area contributed by atoms with Crippen LogP contribution >= 0.6 is 23.2 Å². The molecule has 152 valence electrons. The van der Waals surface area contributed by atoms with E-state index in [0.717, 1.165) is 18.4 Å². The van der Waals surface area contributed by atoms with Gasteiger partial charge in [0, 0.05) is 6.04 Å². The predicted molar refractivity (Wildman–Crippen MR) is 121 cm³/mol. The van der Waals surface area contributed by atoms with Crippen molar-refractivity contribution >= 4 is 46.1 Å². The molecule has 0 aromatic heterocycles. The van der Waals surface area contributed by atoms with Gasteiger partial charge >= 0.3 is 0 Å². The van der Waals surface area contributed by atoms with Crippen molar-refractivity contribution in [1.29, 1.82) is 0 Å². The van der Waals surface area contributed by atoms with E-state index in [-0.39, 0.29) is 18.0 Å². The lowest BCUT2D eigenvalue weighted by Gasteiger charge is -2.14. The van der Waals surface area contributed by atoms with E-state index in [0.29, 0.717) is 16.5 Å². The molecular weight excluding hydrogens is 419 g/mol. The number of amides is 1. The molecule has 2 unspecified atom stereocenters. The fourth-order valence-corrected chi connectivity index (χ4v) is 4.65. The van der Waals surface area contributed by atoms with Gasteiger partial charge in [-0.15, -0.1) is 0 Å². The van der Waals surface area contributed by atoms with Crippen LogP contribution in [0.15, 0.2) is 53.6 Å². The third-order valence-electron chi connectivity index (χ3n) is 5.84. The lowest BCUT2D eigenvalue weighted by molar-refractivity contribution is -0.122. The highest BCUT2D eigenvalue weighted by Crippen LogP contribution is 2.36. The standard InChI is InChI=1S/C23H20Cl2N4O/c24-18-9-4-13(10-19(18)25)12-26-29-23(30)21-11-20(27-28-21)16-8-7-15-6-5-14-2-1-3-17(16)22(14)15/h1-4,7-10,12,20-21,27-28H,5-6,11H2,(H,29,30)/b26-12+. The molecule has 0 radical (unpaired) electrons. The molecule has 2 atom stereocenters. The second-order valence-corrected chi connectivity index (χ2v) is 8.51. The maximum atomic E-state index is 12.5. The molecule has 1 aliphatic carbocycles. The number of carbonyl (C=O) groups is 1. The van der Waals surface area contributed by atoms with Crippen molar-refractivity contribution in [3.8, 4) is 0 Å². The van der Waals surface area contributed by atoms with Gasteiger partial charge in [0.15, 0.2) is 0 Å². The molecule has 30 heavy (non-hydrogen) atoms. The summed E-state index contributed by atoms with van der Waals surface area (Å²) < 4.78 is 0. The average molecular weight is 439 g/mol. The Bertz CT molecular complexity index is 1170. The van der Waals surface area contributed by atoms with Gasteiger partial charge in [-0.25, -0.2) is 16.3 Å². The largest absolute Gasteiger partial charge is 0.271 e. The fourth-order valence-electron chi connectivity index (χ4n) is 4.35. The maximum absolute atomic E-state index is 12.5. The van der Waals surface area contributed by atoms with Crippen LogP contribution in [0, 0.1) is 0 Å². The number of benzene rings is 3. The Balaban J connectivity index is 1.27. The Morgan fingerprint density at radius 2 is 1.87 bits per heavy atom. The number of hydrazine groups is 1. The summed E-state index contributed by atoms with van der Waals surface area (Å²) in [7, 11) is 0. The second kappa shape index (κ2) is 8.00. The van der Waals surface area contributed by atoms with Crippen LogP contribution in [0.25, 0.3) is 10.8 Å². The summed E-state index contributed by atoms with van der Waals surface area (Å²) >= 11 is 11.9. The zero-order valence-electron chi connectivity index (χ0n) is 16.1. The zero-order chi connectivity index (χ0) is 20.7. The van der Waals surface area contributed by atoms with Crippen molar-refractivity contribution in [2.24, 2.45) is 5.10 Å². The molecule has 1 amide bonds. The smallest absolute Gasteiger partial charge is 0.258 e. The van der Waals surface area contributed by atoms with E-state index in [1.54, 1.807) is 24.4 Å². The summed E-state index contributed by atoms with van der Waals surface area (Å²) in [5, 5.41) is 7.63. The molecule has 5 nitrogen and oxygen atoms in total. The molecule has 0 spiro atoms. The highest BCUT2D eigenvalue weighted by molar-refractivity contribution is 6.42. The van der Waals surface area contributed by atoms with Gasteiger partial charge in [-0.05, 0) is 64.4 Å². The van der Waals surface area contributed by atoms with Crippen LogP contribution in [0.2, 0.25) is 10.0 Å². The molecule has 1 heterocycles. The van der Waals surface area contributed by atoms with Crippen molar-refractivity contribution in [3.05, 3.63) is 80.8 Å². The number of nitrogens with zero attached hydrogens (tertiary/aromatic N) is 1. The van der Waals surface area contributed by atoms with E-state index in [9.17, 15) is 4.79 Å². The third kappa shape index (κ3) is 3.59. The predicted octanol–water partition coefficient (Wildman–Crippen LogP) is 4.30. The van der Waals surface area contributed by atoms with E-state index in [1.165, 1.54) is 27.5 Å². The van der Waals surface area contributed by atoms with Crippen LogP contribution in [0.1, 0.15) is 34.7 Å². The van der Waals surface area contributed by atoms with Crippen molar-refractivity contribution in [1.82, 2.24) is 16.3 Å². The van der Waals surface area contributed by atoms with Crippen molar-refractivity contribution in [2.45, 2.75) is 31.3 Å². The number of aryl methyl sites for hydroxylation is 2. The Kier molecular flexibility index (Phi) is 5.21. The summed E-state index contributed by atoms with van der Waals surface area (Å²) in [6.07, 6.45) is 4.40. The maximum Gasteiger partial charge on any atom is 0.258 e. The third-order valence-corrected chi connectivity index (χ3v) is 6.58. The normalized spacial score (nSPS) is 20.3. The molecule has 3 aromatic carbocycles. The number of nitrogens with one attached hydrogen (secondary N) is 3. The van der Waals surface area contributed by atoms with Gasteiger partial charge in [-0.2, -0.15) is 5.10 Å². The van der Waals surface area contributed by atoms with E-state index in [1.807, 2.05) is 0 Å². The molecule has 0 saturated carbocycles. The number of hydrazone groups is 1. The molecule has 3 N–H and O–H groups in total. The SMILES string of the molecule is O=C(N/N=C/c1ccc(Cl)c(Cl)c1)C1CC(c2ccc3c4c(cccc24)CC3)NN1. The summed E-state index contributed by atoms with van der Waals surface area (Å²) in [6.45, 7) is 0. The Morgan fingerprint density at radius 3 is 2.70 bits per heavy atom. The monoisotopic (exact) mass is 438 g/mol. The summed E-state index contributed by atoms with van der Waals surface area (Å²) in [5.74, 6) is -0.188. The average Bonchev–Trinajstić information content (AvgIpc) is 3.40. The van der Waals surface area contributed by atoms with Crippen molar-refractivity contribution < 1.29 is 4.79 Å². The van der Waals surface area contributed by atoms with E-state index in [2.05, 4.69) is 51.7 Å². The van der Waals surface area contributed by atoms with Gasteiger partial charge in [0.25, 0.3) is 5.91 Å². The first kappa shape index (κ1) is 19.5. The number of hydrogen-bond acceptors (Lipinski definition) is 4. The van der Waals surface area contributed by atoms with Crippen LogP contribution in [0.5, 0.6) is 0 Å². The summed E-state index contributed by atoms with van der Waals surface area (Å²) in [4.78, 5) is 12.5. The topological polar surface area (TPSA) is 65.5 Å². The highest BCUT2D eigenvalue weighted by atomic mass is 35.5. The first-order chi connectivity index (χ1) is 14.6. The number of halogens is 2. The molecule has 3 aromatic rings. The van der Waals surface area contributed by atoms with E-state index < -0.39 is 0 Å². The summed E-state index contributed by atoms with van der Waals surface area (Å²) in [5.41, 5.74) is 13.8. The van der Waals surface area contributed by atoms with Gasteiger partial charge in [0.05, 0.1) is 16.3 Å². The van der Waals surface area contributed by atoms with Crippen LogP contribution in [0.3, 0.4) is 0 Å². The Morgan fingerprint density at radius 1 is 1.03 bits per heavy atom. The Hall–Kier alpha value is -2.44. The number of hydrogen-bond donors (Lipinski definition) is 3. The van der Waals surface area contributed by atoms with Crippen LogP contribution in [-0.4, -0.2) is 18.2 Å². The molecule has 1 saturated heterocycles. The lowest BCUT2D eigenvalue weighted by atomic mass is 9.93. The lowest BCUT2D eigenvalue weighted by Crippen LogP contribution is -2.41. The molecule has 0 bridgehead atoms.